The molecular formula is C19H22N2O5. The Bertz CT molecular complexity index is 750. The molecule has 0 amide bonds. The van der Waals surface area contributed by atoms with E-state index in [0.29, 0.717) is 23.1 Å². The molecule has 1 aromatic heterocycles. The van der Waals surface area contributed by atoms with Crippen LogP contribution in [0.2, 0.25) is 0 Å². The van der Waals surface area contributed by atoms with Gasteiger partial charge in [-0.3, -0.25) is 0 Å². The van der Waals surface area contributed by atoms with Crippen molar-refractivity contribution in [1.82, 2.24) is 4.98 Å². The SMILES string of the molecule is COc1cccc(OC)c1OC1CCN(c2cccc(C(=O)O)n2)CC1. The number of hydrogen-bond donors (Lipinski definition) is 1. The fourth-order valence-corrected chi connectivity index (χ4v) is 3.02. The number of benzene rings is 1. The van der Waals surface area contributed by atoms with Crippen molar-refractivity contribution in [2.24, 2.45) is 0 Å². The van der Waals surface area contributed by atoms with Crippen molar-refractivity contribution in [3.63, 3.8) is 0 Å². The summed E-state index contributed by atoms with van der Waals surface area (Å²) in [6.07, 6.45) is 1.61. The number of piperidine rings is 1. The first-order valence-corrected chi connectivity index (χ1v) is 8.45. The Kier molecular flexibility index (Phi) is 5.46. The summed E-state index contributed by atoms with van der Waals surface area (Å²) in [4.78, 5) is 17.4. The van der Waals surface area contributed by atoms with Gasteiger partial charge in [0.1, 0.15) is 11.9 Å². The average molecular weight is 358 g/mol. The van der Waals surface area contributed by atoms with E-state index in [1.807, 2.05) is 24.3 Å². The Morgan fingerprint density at radius 3 is 2.27 bits per heavy atom. The molecule has 1 saturated heterocycles. The first-order valence-electron chi connectivity index (χ1n) is 8.45. The summed E-state index contributed by atoms with van der Waals surface area (Å²) in [7, 11) is 3.21. The van der Waals surface area contributed by atoms with Crippen molar-refractivity contribution in [3.05, 3.63) is 42.1 Å². The lowest BCUT2D eigenvalue weighted by Crippen LogP contribution is -2.38. The molecule has 26 heavy (non-hydrogen) atoms. The van der Waals surface area contributed by atoms with Gasteiger partial charge in [-0.2, -0.15) is 0 Å². The molecule has 0 radical (unpaired) electrons. The number of rotatable bonds is 6. The van der Waals surface area contributed by atoms with Crippen molar-refractivity contribution in [2.75, 3.05) is 32.2 Å². The highest BCUT2D eigenvalue weighted by Crippen LogP contribution is 2.38. The van der Waals surface area contributed by atoms with Crippen molar-refractivity contribution >= 4 is 11.8 Å². The molecule has 3 rings (SSSR count). The van der Waals surface area contributed by atoms with E-state index < -0.39 is 5.97 Å². The molecule has 7 heteroatoms. The average Bonchev–Trinajstić information content (AvgIpc) is 2.68. The number of carboxylic acids is 1. The van der Waals surface area contributed by atoms with Gasteiger partial charge >= 0.3 is 5.97 Å². The highest BCUT2D eigenvalue weighted by molar-refractivity contribution is 5.85. The molecule has 1 aliphatic rings. The molecule has 1 fully saturated rings. The Morgan fingerprint density at radius 2 is 1.69 bits per heavy atom. The zero-order valence-electron chi connectivity index (χ0n) is 14.8. The van der Waals surface area contributed by atoms with E-state index in [-0.39, 0.29) is 11.8 Å². The number of aromatic nitrogens is 1. The Labute approximate surface area is 152 Å². The first kappa shape index (κ1) is 17.8. The molecule has 2 aromatic rings. The molecule has 0 spiro atoms. The first-order chi connectivity index (χ1) is 12.6. The highest BCUT2D eigenvalue weighted by atomic mass is 16.5. The topological polar surface area (TPSA) is 81.1 Å². The second-order valence-corrected chi connectivity index (χ2v) is 5.98. The number of pyridine rings is 1. The molecule has 2 heterocycles. The van der Waals surface area contributed by atoms with Crippen LogP contribution in [0.4, 0.5) is 5.82 Å². The van der Waals surface area contributed by atoms with Gasteiger partial charge in [0.15, 0.2) is 17.2 Å². The minimum Gasteiger partial charge on any atom is -0.493 e. The fourth-order valence-electron chi connectivity index (χ4n) is 3.02. The largest absolute Gasteiger partial charge is 0.493 e. The van der Waals surface area contributed by atoms with Crippen LogP contribution in [-0.4, -0.2) is 49.5 Å². The maximum atomic E-state index is 11.1. The van der Waals surface area contributed by atoms with E-state index in [4.69, 9.17) is 19.3 Å². The molecule has 0 aliphatic carbocycles. The van der Waals surface area contributed by atoms with E-state index in [0.717, 1.165) is 25.9 Å². The predicted molar refractivity (Wildman–Crippen MR) is 96.6 cm³/mol. The number of methoxy groups -OCH3 is 2. The Balaban J connectivity index is 1.66. The van der Waals surface area contributed by atoms with Crippen LogP contribution in [0.5, 0.6) is 17.2 Å². The molecule has 0 unspecified atom stereocenters. The quantitative estimate of drug-likeness (QED) is 0.850. The lowest BCUT2D eigenvalue weighted by Gasteiger charge is -2.33. The number of carboxylic acid groups (broad SMARTS) is 1. The van der Waals surface area contributed by atoms with Crippen LogP contribution in [0.25, 0.3) is 0 Å². The van der Waals surface area contributed by atoms with Gasteiger partial charge in [0.05, 0.1) is 14.2 Å². The Hall–Kier alpha value is -2.96. The number of aromatic carboxylic acids is 1. The number of anilines is 1. The Morgan fingerprint density at radius 1 is 1.08 bits per heavy atom. The third kappa shape index (κ3) is 3.82. The number of ether oxygens (including phenoxy) is 3. The fraction of sp³-hybridized carbons (Fsp3) is 0.368. The monoisotopic (exact) mass is 358 g/mol. The van der Waals surface area contributed by atoms with Crippen LogP contribution in [0.1, 0.15) is 23.3 Å². The number of hydrogen-bond acceptors (Lipinski definition) is 6. The molecule has 0 saturated carbocycles. The highest BCUT2D eigenvalue weighted by Gasteiger charge is 2.24. The zero-order chi connectivity index (χ0) is 18.5. The number of carbonyl (C=O) groups is 1. The molecule has 1 N–H and O–H groups in total. The van der Waals surface area contributed by atoms with Gasteiger partial charge < -0.3 is 24.2 Å². The maximum Gasteiger partial charge on any atom is 0.354 e. The summed E-state index contributed by atoms with van der Waals surface area (Å²) < 4.78 is 16.9. The van der Waals surface area contributed by atoms with E-state index in [1.54, 1.807) is 20.3 Å². The van der Waals surface area contributed by atoms with Gasteiger partial charge in [0.2, 0.25) is 5.75 Å². The smallest absolute Gasteiger partial charge is 0.354 e. The zero-order valence-corrected chi connectivity index (χ0v) is 14.8. The van der Waals surface area contributed by atoms with Gasteiger partial charge in [0, 0.05) is 25.9 Å². The van der Waals surface area contributed by atoms with Crippen LogP contribution >= 0.6 is 0 Å². The van der Waals surface area contributed by atoms with Crippen molar-refractivity contribution in [3.8, 4) is 17.2 Å². The van der Waals surface area contributed by atoms with Gasteiger partial charge in [-0.15, -0.1) is 0 Å². The third-order valence-corrected chi connectivity index (χ3v) is 4.39. The lowest BCUT2D eigenvalue weighted by atomic mass is 10.1. The maximum absolute atomic E-state index is 11.1. The molecular weight excluding hydrogens is 336 g/mol. The van der Waals surface area contributed by atoms with Crippen LogP contribution in [0.15, 0.2) is 36.4 Å². The summed E-state index contributed by atoms with van der Waals surface area (Å²) in [6, 6.07) is 10.6. The predicted octanol–water partition coefficient (Wildman–Crippen LogP) is 2.84. The summed E-state index contributed by atoms with van der Waals surface area (Å²) in [5, 5.41) is 9.09. The number of nitrogens with zero attached hydrogens (tertiary/aromatic N) is 2. The molecule has 0 bridgehead atoms. The lowest BCUT2D eigenvalue weighted by molar-refractivity contribution is 0.0690. The molecule has 0 atom stereocenters. The van der Waals surface area contributed by atoms with Crippen molar-refractivity contribution in [2.45, 2.75) is 18.9 Å². The minimum absolute atomic E-state index is 0.0270. The van der Waals surface area contributed by atoms with Crippen LogP contribution in [0.3, 0.4) is 0 Å². The van der Waals surface area contributed by atoms with E-state index in [1.165, 1.54) is 6.07 Å². The van der Waals surface area contributed by atoms with Crippen LogP contribution in [0, 0.1) is 0 Å². The summed E-state index contributed by atoms with van der Waals surface area (Å²) in [5.41, 5.74) is 0.0552. The van der Waals surface area contributed by atoms with Gasteiger partial charge in [-0.1, -0.05) is 12.1 Å². The second-order valence-electron chi connectivity index (χ2n) is 5.98. The molecule has 138 valence electrons. The van der Waals surface area contributed by atoms with E-state index in [9.17, 15) is 4.79 Å². The number of para-hydroxylation sites is 1. The standard InChI is InChI=1S/C19H22N2O5/c1-24-15-6-4-7-16(25-2)18(15)26-13-9-11-21(12-10-13)17-8-3-5-14(20-17)19(22)23/h3-8,13H,9-12H2,1-2H3,(H,22,23). The molecule has 7 nitrogen and oxygen atoms in total. The molecule has 1 aliphatic heterocycles. The van der Waals surface area contributed by atoms with Gasteiger partial charge in [-0.25, -0.2) is 9.78 Å². The van der Waals surface area contributed by atoms with E-state index in [2.05, 4.69) is 9.88 Å². The van der Waals surface area contributed by atoms with Crippen molar-refractivity contribution < 1.29 is 24.1 Å². The van der Waals surface area contributed by atoms with Crippen LogP contribution in [-0.2, 0) is 0 Å². The summed E-state index contributed by atoms with van der Waals surface area (Å²) in [6.45, 7) is 1.47. The third-order valence-electron chi connectivity index (χ3n) is 4.39. The van der Waals surface area contributed by atoms with Crippen LogP contribution < -0.4 is 19.1 Å². The minimum atomic E-state index is -1.02. The summed E-state index contributed by atoms with van der Waals surface area (Å²) in [5.74, 6) is 1.55. The van der Waals surface area contributed by atoms with Gasteiger partial charge in [0.25, 0.3) is 0 Å². The molecule has 1 aromatic carbocycles. The van der Waals surface area contributed by atoms with Crippen molar-refractivity contribution in [1.29, 1.82) is 0 Å². The normalized spacial score (nSPS) is 14.8. The second kappa shape index (κ2) is 7.95. The van der Waals surface area contributed by atoms with Gasteiger partial charge in [-0.05, 0) is 24.3 Å². The van der Waals surface area contributed by atoms with E-state index >= 15 is 0 Å². The summed E-state index contributed by atoms with van der Waals surface area (Å²) >= 11 is 0.